The quantitative estimate of drug-likeness (QED) is 0.532. The molecule has 1 rings (SSSR count). The SMILES string of the molecule is FC1=CC[CH]C=C1Br. The molecular weight excluding hydrogens is 171 g/mol. The van der Waals surface area contributed by atoms with Crippen LogP contribution in [0.4, 0.5) is 4.39 Å². The summed E-state index contributed by atoms with van der Waals surface area (Å²) in [6.07, 6.45) is 5.85. The second-order valence-electron chi connectivity index (χ2n) is 1.54. The number of hydrogen-bond acceptors (Lipinski definition) is 0. The van der Waals surface area contributed by atoms with Gasteiger partial charge in [-0.25, -0.2) is 4.39 Å². The molecule has 0 saturated heterocycles. The fraction of sp³-hybridized carbons (Fsp3) is 0.167. The molecule has 0 N–H and O–H groups in total. The molecule has 0 atom stereocenters. The van der Waals surface area contributed by atoms with Crippen LogP contribution in [0.1, 0.15) is 6.42 Å². The normalized spacial score (nSPS) is 19.8. The first-order chi connectivity index (χ1) is 3.80. The van der Waals surface area contributed by atoms with Crippen LogP contribution in [0.25, 0.3) is 0 Å². The first-order valence-corrected chi connectivity index (χ1v) is 3.15. The summed E-state index contributed by atoms with van der Waals surface area (Å²) < 4.78 is 12.8. The van der Waals surface area contributed by atoms with Gasteiger partial charge in [0.1, 0.15) is 5.83 Å². The highest BCUT2D eigenvalue weighted by molar-refractivity contribution is 9.11. The number of hydrogen-bond donors (Lipinski definition) is 0. The molecule has 1 radical (unpaired) electrons. The van der Waals surface area contributed by atoms with Gasteiger partial charge in [0.05, 0.1) is 0 Å². The van der Waals surface area contributed by atoms with E-state index in [1.165, 1.54) is 6.08 Å². The lowest BCUT2D eigenvalue weighted by molar-refractivity contribution is 0.655. The molecule has 43 valence electrons. The third kappa shape index (κ3) is 1.19. The molecule has 1 aliphatic carbocycles. The Kier molecular flexibility index (Phi) is 1.84. The van der Waals surface area contributed by atoms with Crippen LogP contribution in [-0.2, 0) is 0 Å². The zero-order valence-corrected chi connectivity index (χ0v) is 5.78. The second-order valence-corrected chi connectivity index (χ2v) is 2.39. The van der Waals surface area contributed by atoms with Crippen LogP contribution in [0.15, 0.2) is 22.5 Å². The van der Waals surface area contributed by atoms with E-state index in [1.54, 1.807) is 6.08 Å². The van der Waals surface area contributed by atoms with Gasteiger partial charge in [0.15, 0.2) is 0 Å². The smallest absolute Gasteiger partial charge is 0.133 e. The van der Waals surface area contributed by atoms with Gasteiger partial charge >= 0.3 is 0 Å². The van der Waals surface area contributed by atoms with Gasteiger partial charge in [-0.05, 0) is 34.8 Å². The Balaban J connectivity index is 2.73. The third-order valence-corrected chi connectivity index (χ3v) is 1.57. The number of allylic oxidation sites excluding steroid dienone is 4. The summed E-state index contributed by atoms with van der Waals surface area (Å²) in [5.41, 5.74) is 0. The monoisotopic (exact) mass is 175 g/mol. The predicted octanol–water partition coefficient (Wildman–Crippen LogP) is 2.73. The summed E-state index contributed by atoms with van der Waals surface area (Å²) in [6, 6.07) is 0. The Morgan fingerprint density at radius 3 is 2.75 bits per heavy atom. The maximum Gasteiger partial charge on any atom is 0.133 e. The van der Waals surface area contributed by atoms with Crippen molar-refractivity contribution < 1.29 is 4.39 Å². The summed E-state index contributed by atoms with van der Waals surface area (Å²) in [5.74, 6) is -0.160. The van der Waals surface area contributed by atoms with E-state index >= 15 is 0 Å². The standard InChI is InChI=1S/C6H5BrF/c7-5-3-1-2-4-6(5)8/h1,3-4H,2H2. The number of halogens is 2. The average Bonchev–Trinajstić information content (AvgIpc) is 1.77. The van der Waals surface area contributed by atoms with Crippen molar-refractivity contribution in [2.45, 2.75) is 6.42 Å². The third-order valence-electron chi connectivity index (χ3n) is 0.925. The lowest BCUT2D eigenvalue weighted by Gasteiger charge is -1.99. The van der Waals surface area contributed by atoms with E-state index in [9.17, 15) is 4.39 Å². The molecule has 0 unspecified atom stereocenters. The summed E-state index contributed by atoms with van der Waals surface area (Å²) in [7, 11) is 0. The summed E-state index contributed by atoms with van der Waals surface area (Å²) in [5, 5.41) is 0. The van der Waals surface area contributed by atoms with Crippen LogP contribution in [0.2, 0.25) is 0 Å². The highest BCUT2D eigenvalue weighted by Crippen LogP contribution is 2.23. The van der Waals surface area contributed by atoms with Crippen molar-refractivity contribution in [1.29, 1.82) is 0 Å². The van der Waals surface area contributed by atoms with Crippen LogP contribution in [0.5, 0.6) is 0 Å². The second kappa shape index (κ2) is 2.44. The molecule has 0 fully saturated rings. The minimum atomic E-state index is -0.160. The van der Waals surface area contributed by atoms with Crippen molar-refractivity contribution in [3.63, 3.8) is 0 Å². The number of rotatable bonds is 0. The Bertz CT molecular complexity index is 129. The highest BCUT2D eigenvalue weighted by Gasteiger charge is 2.02. The van der Waals surface area contributed by atoms with Gasteiger partial charge < -0.3 is 0 Å². The summed E-state index contributed by atoms with van der Waals surface area (Å²) in [6.45, 7) is 0. The van der Waals surface area contributed by atoms with Crippen molar-refractivity contribution in [3.05, 3.63) is 28.9 Å². The topological polar surface area (TPSA) is 0 Å². The fourth-order valence-corrected chi connectivity index (χ4v) is 0.869. The molecule has 0 amide bonds. The first-order valence-electron chi connectivity index (χ1n) is 2.36. The van der Waals surface area contributed by atoms with Crippen LogP contribution < -0.4 is 0 Å². The van der Waals surface area contributed by atoms with Gasteiger partial charge in [-0.15, -0.1) is 0 Å². The maximum absolute atomic E-state index is 12.3. The fourth-order valence-electron chi connectivity index (χ4n) is 0.520. The zero-order valence-electron chi connectivity index (χ0n) is 4.20. The van der Waals surface area contributed by atoms with Gasteiger partial charge in [0.25, 0.3) is 0 Å². The summed E-state index contributed by atoms with van der Waals surface area (Å²) in [4.78, 5) is 0. The first kappa shape index (κ1) is 6.02. The van der Waals surface area contributed by atoms with Gasteiger partial charge in [-0.2, -0.15) is 0 Å². The molecule has 0 aliphatic heterocycles. The van der Waals surface area contributed by atoms with E-state index in [4.69, 9.17) is 0 Å². The van der Waals surface area contributed by atoms with Crippen molar-refractivity contribution in [3.8, 4) is 0 Å². The Morgan fingerprint density at radius 2 is 2.38 bits per heavy atom. The Morgan fingerprint density at radius 1 is 1.62 bits per heavy atom. The van der Waals surface area contributed by atoms with Gasteiger partial charge in [0, 0.05) is 4.48 Å². The molecule has 8 heavy (non-hydrogen) atoms. The van der Waals surface area contributed by atoms with E-state index in [1.807, 2.05) is 6.42 Å². The molecule has 0 aromatic heterocycles. The van der Waals surface area contributed by atoms with Crippen molar-refractivity contribution in [2.75, 3.05) is 0 Å². The van der Waals surface area contributed by atoms with Crippen molar-refractivity contribution >= 4 is 15.9 Å². The average molecular weight is 176 g/mol. The Hall–Kier alpha value is -0.110. The largest absolute Gasteiger partial charge is 0.206 e. The minimum absolute atomic E-state index is 0.160. The molecule has 0 aromatic carbocycles. The van der Waals surface area contributed by atoms with Crippen LogP contribution >= 0.6 is 15.9 Å². The highest BCUT2D eigenvalue weighted by atomic mass is 79.9. The van der Waals surface area contributed by atoms with Crippen LogP contribution in [0.3, 0.4) is 0 Å². The molecule has 0 saturated carbocycles. The molecule has 0 heterocycles. The lowest BCUT2D eigenvalue weighted by Crippen LogP contribution is -1.81. The predicted molar refractivity (Wildman–Crippen MR) is 35.1 cm³/mol. The molecule has 0 bridgehead atoms. The van der Waals surface area contributed by atoms with Gasteiger partial charge in [-0.1, -0.05) is 6.08 Å². The van der Waals surface area contributed by atoms with Crippen molar-refractivity contribution in [1.82, 2.24) is 0 Å². The van der Waals surface area contributed by atoms with Gasteiger partial charge in [0.2, 0.25) is 0 Å². The van der Waals surface area contributed by atoms with E-state index in [0.717, 1.165) is 0 Å². The molecule has 0 spiro atoms. The van der Waals surface area contributed by atoms with Crippen LogP contribution in [0, 0.1) is 6.42 Å². The lowest BCUT2D eigenvalue weighted by atomic mass is 10.2. The Labute approximate surface area is 56.2 Å². The minimum Gasteiger partial charge on any atom is -0.206 e. The summed E-state index contributed by atoms with van der Waals surface area (Å²) >= 11 is 3.04. The van der Waals surface area contributed by atoms with Crippen molar-refractivity contribution in [2.24, 2.45) is 0 Å². The molecule has 2 heteroatoms. The molecule has 0 nitrogen and oxygen atoms in total. The van der Waals surface area contributed by atoms with Gasteiger partial charge in [-0.3, -0.25) is 0 Å². The molecular formula is C6H5BrF. The zero-order chi connectivity index (χ0) is 5.98. The molecule has 1 aliphatic rings. The van der Waals surface area contributed by atoms with E-state index < -0.39 is 0 Å². The maximum atomic E-state index is 12.3. The van der Waals surface area contributed by atoms with E-state index in [0.29, 0.717) is 10.9 Å². The molecule has 0 aromatic rings. The van der Waals surface area contributed by atoms with E-state index in [2.05, 4.69) is 15.9 Å². The van der Waals surface area contributed by atoms with E-state index in [-0.39, 0.29) is 5.83 Å². The van der Waals surface area contributed by atoms with Crippen LogP contribution in [-0.4, -0.2) is 0 Å².